The second kappa shape index (κ2) is 4.91. The Morgan fingerprint density at radius 1 is 1.47 bits per heavy atom. The van der Waals surface area contributed by atoms with Crippen LogP contribution in [0.25, 0.3) is 11.0 Å². The fraction of sp³-hybridized carbons (Fsp3) is 0.429. The number of rotatable bonds is 5. The van der Waals surface area contributed by atoms with Crippen molar-refractivity contribution in [2.45, 2.75) is 20.3 Å². The van der Waals surface area contributed by atoms with Crippen LogP contribution in [0.15, 0.2) is 24.5 Å². The van der Waals surface area contributed by atoms with Gasteiger partial charge in [0.1, 0.15) is 0 Å². The molecule has 0 aliphatic rings. The van der Waals surface area contributed by atoms with E-state index in [0.29, 0.717) is 6.54 Å². The SMILES string of the molecule is Cn1cnc2cc(NCC(C)(C)CC(=O)O)ccc21. The molecule has 19 heavy (non-hydrogen) atoms. The Kier molecular flexibility index (Phi) is 3.46. The molecule has 0 bridgehead atoms. The van der Waals surface area contributed by atoms with E-state index in [2.05, 4.69) is 10.3 Å². The number of aliphatic carboxylic acids is 1. The fourth-order valence-electron chi connectivity index (χ4n) is 2.06. The Morgan fingerprint density at radius 2 is 2.21 bits per heavy atom. The highest BCUT2D eigenvalue weighted by Gasteiger charge is 2.21. The summed E-state index contributed by atoms with van der Waals surface area (Å²) >= 11 is 0. The molecule has 2 aromatic rings. The van der Waals surface area contributed by atoms with E-state index in [1.54, 1.807) is 6.33 Å². The highest BCUT2D eigenvalue weighted by Crippen LogP contribution is 2.23. The standard InChI is InChI=1S/C14H19N3O2/c1-14(2,7-13(18)19)8-15-10-4-5-12-11(6-10)16-9-17(12)3/h4-6,9,15H,7-8H2,1-3H3,(H,18,19). The van der Waals surface area contributed by atoms with Crippen molar-refractivity contribution in [3.63, 3.8) is 0 Å². The second-order valence-electron chi connectivity index (χ2n) is 5.65. The fourth-order valence-corrected chi connectivity index (χ4v) is 2.06. The number of hydrogen-bond donors (Lipinski definition) is 2. The van der Waals surface area contributed by atoms with Crippen molar-refractivity contribution >= 4 is 22.7 Å². The summed E-state index contributed by atoms with van der Waals surface area (Å²) in [5.74, 6) is -0.771. The zero-order valence-corrected chi connectivity index (χ0v) is 11.5. The number of hydrogen-bond acceptors (Lipinski definition) is 3. The first-order chi connectivity index (χ1) is 8.87. The molecule has 0 unspecified atom stereocenters. The van der Waals surface area contributed by atoms with Crippen molar-refractivity contribution in [1.29, 1.82) is 0 Å². The molecule has 0 fully saturated rings. The van der Waals surface area contributed by atoms with Crippen LogP contribution in [0.4, 0.5) is 5.69 Å². The van der Waals surface area contributed by atoms with E-state index < -0.39 is 5.97 Å². The van der Waals surface area contributed by atoms with Gasteiger partial charge < -0.3 is 15.0 Å². The maximum Gasteiger partial charge on any atom is 0.303 e. The molecule has 0 saturated heterocycles. The number of anilines is 1. The van der Waals surface area contributed by atoms with Crippen LogP contribution in [0.3, 0.4) is 0 Å². The van der Waals surface area contributed by atoms with Crippen molar-refractivity contribution in [1.82, 2.24) is 9.55 Å². The molecule has 2 N–H and O–H groups in total. The minimum Gasteiger partial charge on any atom is -0.481 e. The molecule has 5 nitrogen and oxygen atoms in total. The third kappa shape index (κ3) is 3.24. The normalized spacial score (nSPS) is 11.7. The molecule has 1 heterocycles. The van der Waals surface area contributed by atoms with Crippen LogP contribution in [0.5, 0.6) is 0 Å². The summed E-state index contributed by atoms with van der Waals surface area (Å²) in [5.41, 5.74) is 2.69. The molecule has 0 atom stereocenters. The highest BCUT2D eigenvalue weighted by molar-refractivity contribution is 5.79. The zero-order valence-electron chi connectivity index (χ0n) is 11.5. The Bertz CT molecular complexity index is 602. The zero-order chi connectivity index (χ0) is 14.0. The number of aryl methyl sites for hydroxylation is 1. The summed E-state index contributed by atoms with van der Waals surface area (Å²) in [6.45, 7) is 4.48. The number of nitrogens with one attached hydrogen (secondary N) is 1. The number of nitrogens with zero attached hydrogens (tertiary/aromatic N) is 2. The summed E-state index contributed by atoms with van der Waals surface area (Å²) in [6.07, 6.45) is 1.93. The minimum absolute atomic E-state index is 0.145. The van der Waals surface area contributed by atoms with Gasteiger partial charge in [0.25, 0.3) is 0 Å². The average Bonchev–Trinajstić information content (AvgIpc) is 2.67. The lowest BCUT2D eigenvalue weighted by atomic mass is 9.89. The number of carbonyl (C=O) groups is 1. The molecule has 0 amide bonds. The van der Waals surface area contributed by atoms with Crippen molar-refractivity contribution in [3.8, 4) is 0 Å². The Balaban J connectivity index is 2.07. The van der Waals surface area contributed by atoms with Crippen LogP contribution in [0, 0.1) is 5.41 Å². The molecule has 2 rings (SSSR count). The van der Waals surface area contributed by atoms with E-state index >= 15 is 0 Å². The van der Waals surface area contributed by atoms with Crippen molar-refractivity contribution in [2.24, 2.45) is 12.5 Å². The summed E-state index contributed by atoms with van der Waals surface area (Å²) in [5, 5.41) is 12.1. The molecule has 0 saturated carbocycles. The molecule has 0 aliphatic heterocycles. The Morgan fingerprint density at radius 3 is 2.89 bits per heavy atom. The maximum atomic E-state index is 10.8. The molecule has 1 aromatic carbocycles. The van der Waals surface area contributed by atoms with Gasteiger partial charge in [-0.25, -0.2) is 4.98 Å². The minimum atomic E-state index is -0.771. The van der Waals surface area contributed by atoms with Crippen LogP contribution in [-0.2, 0) is 11.8 Å². The molecule has 0 aliphatic carbocycles. The van der Waals surface area contributed by atoms with E-state index in [1.165, 1.54) is 0 Å². The third-order valence-electron chi connectivity index (χ3n) is 3.13. The van der Waals surface area contributed by atoms with E-state index in [4.69, 9.17) is 5.11 Å². The van der Waals surface area contributed by atoms with Gasteiger partial charge in [-0.05, 0) is 23.6 Å². The van der Waals surface area contributed by atoms with Gasteiger partial charge in [0.05, 0.1) is 23.8 Å². The lowest BCUT2D eigenvalue weighted by Gasteiger charge is -2.23. The topological polar surface area (TPSA) is 67.2 Å². The van der Waals surface area contributed by atoms with E-state index in [1.807, 2.05) is 43.7 Å². The monoisotopic (exact) mass is 261 g/mol. The van der Waals surface area contributed by atoms with E-state index in [9.17, 15) is 4.79 Å². The van der Waals surface area contributed by atoms with Crippen LogP contribution in [0.1, 0.15) is 20.3 Å². The Hall–Kier alpha value is -2.04. The first-order valence-electron chi connectivity index (χ1n) is 6.24. The summed E-state index contributed by atoms with van der Waals surface area (Å²) in [7, 11) is 1.96. The largest absolute Gasteiger partial charge is 0.481 e. The summed E-state index contributed by atoms with van der Waals surface area (Å²) in [6, 6.07) is 5.97. The van der Waals surface area contributed by atoms with Gasteiger partial charge in [0.15, 0.2) is 0 Å². The van der Waals surface area contributed by atoms with Gasteiger partial charge in [0.2, 0.25) is 0 Å². The molecule has 0 radical (unpaired) electrons. The predicted molar refractivity (Wildman–Crippen MR) is 75.2 cm³/mol. The molecular formula is C14H19N3O2. The smallest absolute Gasteiger partial charge is 0.303 e. The number of fused-ring (bicyclic) bond motifs is 1. The number of imidazole rings is 1. The van der Waals surface area contributed by atoms with E-state index in [0.717, 1.165) is 16.7 Å². The van der Waals surface area contributed by atoms with Gasteiger partial charge in [-0.2, -0.15) is 0 Å². The number of benzene rings is 1. The molecule has 5 heteroatoms. The first-order valence-corrected chi connectivity index (χ1v) is 6.24. The average molecular weight is 261 g/mol. The quantitative estimate of drug-likeness (QED) is 0.867. The Labute approximate surface area is 112 Å². The van der Waals surface area contributed by atoms with Gasteiger partial charge in [-0.3, -0.25) is 4.79 Å². The number of carboxylic acids is 1. The van der Waals surface area contributed by atoms with Crippen LogP contribution < -0.4 is 5.32 Å². The van der Waals surface area contributed by atoms with Crippen LogP contribution in [-0.4, -0.2) is 27.2 Å². The summed E-state index contributed by atoms with van der Waals surface area (Å²) < 4.78 is 1.97. The van der Waals surface area contributed by atoms with Crippen molar-refractivity contribution in [2.75, 3.05) is 11.9 Å². The number of carboxylic acid groups (broad SMARTS) is 1. The van der Waals surface area contributed by atoms with Gasteiger partial charge >= 0.3 is 5.97 Å². The predicted octanol–water partition coefficient (Wildman–Crippen LogP) is 2.49. The lowest BCUT2D eigenvalue weighted by Crippen LogP contribution is -2.26. The number of aromatic nitrogens is 2. The highest BCUT2D eigenvalue weighted by atomic mass is 16.4. The molecule has 102 valence electrons. The van der Waals surface area contributed by atoms with Crippen molar-refractivity contribution in [3.05, 3.63) is 24.5 Å². The van der Waals surface area contributed by atoms with Gasteiger partial charge in [-0.1, -0.05) is 13.8 Å². The first kappa shape index (κ1) is 13.4. The molecular weight excluding hydrogens is 242 g/mol. The molecule has 1 aromatic heterocycles. The molecule has 0 spiro atoms. The maximum absolute atomic E-state index is 10.8. The third-order valence-corrected chi connectivity index (χ3v) is 3.13. The van der Waals surface area contributed by atoms with Gasteiger partial charge in [-0.15, -0.1) is 0 Å². The van der Waals surface area contributed by atoms with E-state index in [-0.39, 0.29) is 11.8 Å². The van der Waals surface area contributed by atoms with Crippen LogP contribution in [0.2, 0.25) is 0 Å². The summed E-state index contributed by atoms with van der Waals surface area (Å²) in [4.78, 5) is 15.1. The van der Waals surface area contributed by atoms with Gasteiger partial charge in [0, 0.05) is 19.3 Å². The second-order valence-corrected chi connectivity index (χ2v) is 5.65. The van der Waals surface area contributed by atoms with Crippen LogP contribution >= 0.6 is 0 Å². The van der Waals surface area contributed by atoms with Crippen molar-refractivity contribution < 1.29 is 9.90 Å². The lowest BCUT2D eigenvalue weighted by molar-refractivity contribution is -0.139.